The van der Waals surface area contributed by atoms with Gasteiger partial charge >= 0.3 is 0 Å². The molecule has 1 N–H and O–H groups in total. The Hall–Kier alpha value is -2.85. The molecule has 0 fully saturated rings. The zero-order valence-electron chi connectivity index (χ0n) is 13.4. The van der Waals surface area contributed by atoms with E-state index in [4.69, 9.17) is 16.3 Å². The highest BCUT2D eigenvalue weighted by Gasteiger charge is 2.13. The quantitative estimate of drug-likeness (QED) is 0.679. The van der Waals surface area contributed by atoms with Gasteiger partial charge in [-0.25, -0.2) is 4.39 Å². The summed E-state index contributed by atoms with van der Waals surface area (Å²) in [6.45, 7) is 0. The van der Waals surface area contributed by atoms with Gasteiger partial charge in [0.05, 0.1) is 17.7 Å². The van der Waals surface area contributed by atoms with Gasteiger partial charge in [-0.15, -0.1) is 0 Å². The number of ether oxygens (including phenoxy) is 1. The van der Waals surface area contributed by atoms with E-state index in [2.05, 4.69) is 5.32 Å². The average molecular weight is 356 g/mol. The van der Waals surface area contributed by atoms with E-state index in [1.165, 1.54) is 12.1 Å². The molecule has 0 spiro atoms. The number of nitrogens with one attached hydrogen (secondary N) is 1. The average Bonchev–Trinajstić information content (AvgIpc) is 2.62. The van der Waals surface area contributed by atoms with Crippen molar-refractivity contribution in [1.82, 2.24) is 0 Å². The number of anilines is 1. The number of halogens is 2. The van der Waals surface area contributed by atoms with E-state index < -0.39 is 11.7 Å². The van der Waals surface area contributed by atoms with Crippen molar-refractivity contribution in [3.8, 4) is 16.9 Å². The highest BCUT2D eigenvalue weighted by molar-refractivity contribution is 6.34. The van der Waals surface area contributed by atoms with Gasteiger partial charge in [-0.3, -0.25) is 4.79 Å². The SMILES string of the molecule is COc1ccc(NC(=O)c2ccc(F)cc2Cl)cc1-c1ccccc1. The number of carbonyl (C=O) groups is 1. The minimum Gasteiger partial charge on any atom is -0.496 e. The number of amides is 1. The summed E-state index contributed by atoms with van der Waals surface area (Å²) < 4.78 is 18.5. The Bertz CT molecular complexity index is 913. The monoisotopic (exact) mass is 355 g/mol. The van der Waals surface area contributed by atoms with Crippen molar-refractivity contribution in [2.75, 3.05) is 12.4 Å². The second-order valence-electron chi connectivity index (χ2n) is 5.36. The standard InChI is InChI=1S/C20H15ClFNO2/c1-25-19-10-8-15(12-17(19)13-5-3-2-4-6-13)23-20(24)16-9-7-14(22)11-18(16)21/h2-12H,1H3,(H,23,24). The summed E-state index contributed by atoms with van der Waals surface area (Å²) >= 11 is 5.94. The van der Waals surface area contributed by atoms with E-state index in [0.29, 0.717) is 11.4 Å². The van der Waals surface area contributed by atoms with E-state index in [1.807, 2.05) is 36.4 Å². The first kappa shape index (κ1) is 17.0. The van der Waals surface area contributed by atoms with Crippen LogP contribution in [0.15, 0.2) is 66.7 Å². The first-order chi connectivity index (χ1) is 12.1. The molecule has 3 aromatic rings. The minimum absolute atomic E-state index is 0.0642. The van der Waals surface area contributed by atoms with Crippen LogP contribution in [-0.4, -0.2) is 13.0 Å². The van der Waals surface area contributed by atoms with Crippen LogP contribution in [0.1, 0.15) is 10.4 Å². The van der Waals surface area contributed by atoms with Crippen LogP contribution in [0.5, 0.6) is 5.75 Å². The third-order valence-electron chi connectivity index (χ3n) is 3.72. The predicted octanol–water partition coefficient (Wildman–Crippen LogP) is 5.41. The van der Waals surface area contributed by atoms with Gasteiger partial charge in [0.2, 0.25) is 0 Å². The molecule has 126 valence electrons. The molecular weight excluding hydrogens is 341 g/mol. The molecule has 0 aliphatic rings. The molecule has 0 radical (unpaired) electrons. The Balaban J connectivity index is 1.92. The number of benzene rings is 3. The fraction of sp³-hybridized carbons (Fsp3) is 0.0500. The molecule has 3 rings (SSSR count). The van der Waals surface area contributed by atoms with Gasteiger partial charge in [0.1, 0.15) is 11.6 Å². The summed E-state index contributed by atoms with van der Waals surface area (Å²) in [6, 6.07) is 18.7. The van der Waals surface area contributed by atoms with Crippen LogP contribution in [0.2, 0.25) is 5.02 Å². The summed E-state index contributed by atoms with van der Waals surface area (Å²) in [5.41, 5.74) is 2.62. The highest BCUT2D eigenvalue weighted by Crippen LogP contribution is 2.32. The fourth-order valence-corrected chi connectivity index (χ4v) is 2.75. The highest BCUT2D eigenvalue weighted by atomic mass is 35.5. The molecule has 0 saturated carbocycles. The van der Waals surface area contributed by atoms with Crippen molar-refractivity contribution < 1.29 is 13.9 Å². The van der Waals surface area contributed by atoms with Crippen LogP contribution < -0.4 is 10.1 Å². The molecule has 0 aromatic heterocycles. The lowest BCUT2D eigenvalue weighted by molar-refractivity contribution is 0.102. The van der Waals surface area contributed by atoms with Gasteiger partial charge in [-0.05, 0) is 42.0 Å². The van der Waals surface area contributed by atoms with Crippen LogP contribution in [-0.2, 0) is 0 Å². The first-order valence-corrected chi connectivity index (χ1v) is 7.96. The Labute approximate surface area is 150 Å². The predicted molar refractivity (Wildman–Crippen MR) is 97.8 cm³/mol. The summed E-state index contributed by atoms with van der Waals surface area (Å²) in [6.07, 6.45) is 0. The van der Waals surface area contributed by atoms with Crippen molar-refractivity contribution in [2.45, 2.75) is 0 Å². The van der Waals surface area contributed by atoms with Gasteiger partial charge in [0.15, 0.2) is 0 Å². The number of carbonyl (C=O) groups excluding carboxylic acids is 1. The maximum Gasteiger partial charge on any atom is 0.257 e. The van der Waals surface area contributed by atoms with Crippen molar-refractivity contribution >= 4 is 23.2 Å². The number of hydrogen-bond acceptors (Lipinski definition) is 2. The normalized spacial score (nSPS) is 10.4. The van der Waals surface area contributed by atoms with E-state index in [-0.39, 0.29) is 10.6 Å². The molecule has 0 aliphatic carbocycles. The van der Waals surface area contributed by atoms with Gasteiger partial charge in [0, 0.05) is 11.3 Å². The van der Waals surface area contributed by atoms with Crippen LogP contribution in [0.4, 0.5) is 10.1 Å². The molecule has 25 heavy (non-hydrogen) atoms. The summed E-state index contributed by atoms with van der Waals surface area (Å²) in [4.78, 5) is 12.4. The Morgan fingerprint density at radius 1 is 1.04 bits per heavy atom. The lowest BCUT2D eigenvalue weighted by atomic mass is 10.0. The molecule has 0 bridgehead atoms. The Kier molecular flexibility index (Phi) is 5.00. The van der Waals surface area contributed by atoms with E-state index in [0.717, 1.165) is 17.2 Å². The van der Waals surface area contributed by atoms with Crippen LogP contribution in [0, 0.1) is 5.82 Å². The molecule has 1 amide bonds. The molecule has 0 heterocycles. The van der Waals surface area contributed by atoms with Crippen LogP contribution in [0.3, 0.4) is 0 Å². The van der Waals surface area contributed by atoms with E-state index >= 15 is 0 Å². The fourth-order valence-electron chi connectivity index (χ4n) is 2.50. The number of rotatable bonds is 4. The molecule has 3 aromatic carbocycles. The van der Waals surface area contributed by atoms with E-state index in [9.17, 15) is 9.18 Å². The maximum absolute atomic E-state index is 13.1. The van der Waals surface area contributed by atoms with Crippen LogP contribution in [0.25, 0.3) is 11.1 Å². The molecule has 0 atom stereocenters. The van der Waals surface area contributed by atoms with Gasteiger partial charge in [-0.1, -0.05) is 41.9 Å². The smallest absolute Gasteiger partial charge is 0.257 e. The van der Waals surface area contributed by atoms with Crippen molar-refractivity contribution in [3.63, 3.8) is 0 Å². The zero-order chi connectivity index (χ0) is 17.8. The van der Waals surface area contributed by atoms with Crippen molar-refractivity contribution in [3.05, 3.63) is 83.1 Å². The zero-order valence-corrected chi connectivity index (χ0v) is 14.2. The molecule has 0 aliphatic heterocycles. The van der Waals surface area contributed by atoms with E-state index in [1.54, 1.807) is 19.2 Å². The summed E-state index contributed by atoms with van der Waals surface area (Å²) in [5.74, 6) is -0.199. The Morgan fingerprint density at radius 2 is 1.80 bits per heavy atom. The van der Waals surface area contributed by atoms with Crippen molar-refractivity contribution in [2.24, 2.45) is 0 Å². The third kappa shape index (κ3) is 3.80. The lowest BCUT2D eigenvalue weighted by Crippen LogP contribution is -2.12. The van der Waals surface area contributed by atoms with Gasteiger partial charge in [-0.2, -0.15) is 0 Å². The Morgan fingerprint density at radius 3 is 2.48 bits per heavy atom. The maximum atomic E-state index is 13.1. The molecule has 0 saturated heterocycles. The van der Waals surface area contributed by atoms with Gasteiger partial charge in [0.25, 0.3) is 5.91 Å². The largest absolute Gasteiger partial charge is 0.496 e. The van der Waals surface area contributed by atoms with Crippen LogP contribution >= 0.6 is 11.6 Å². The molecule has 5 heteroatoms. The third-order valence-corrected chi connectivity index (χ3v) is 4.03. The topological polar surface area (TPSA) is 38.3 Å². The molecular formula is C20H15ClFNO2. The first-order valence-electron chi connectivity index (χ1n) is 7.58. The minimum atomic E-state index is -0.489. The second kappa shape index (κ2) is 7.36. The van der Waals surface area contributed by atoms with Gasteiger partial charge < -0.3 is 10.1 Å². The molecule has 0 unspecified atom stereocenters. The summed E-state index contributed by atoms with van der Waals surface area (Å²) in [7, 11) is 1.60. The summed E-state index contributed by atoms with van der Waals surface area (Å²) in [5, 5.41) is 2.84. The lowest BCUT2D eigenvalue weighted by Gasteiger charge is -2.12. The van der Waals surface area contributed by atoms with Crippen molar-refractivity contribution in [1.29, 1.82) is 0 Å². The second-order valence-corrected chi connectivity index (χ2v) is 5.77. The number of methoxy groups -OCH3 is 1. The number of hydrogen-bond donors (Lipinski definition) is 1. The molecule has 3 nitrogen and oxygen atoms in total.